The summed E-state index contributed by atoms with van der Waals surface area (Å²) in [5.74, 6) is -0.789. The van der Waals surface area contributed by atoms with Gasteiger partial charge in [0.1, 0.15) is 17.4 Å². The number of benzene rings is 2. The number of nitrogens with one attached hydrogen (secondary N) is 1. The van der Waals surface area contributed by atoms with Gasteiger partial charge in [-0.2, -0.15) is 0 Å². The van der Waals surface area contributed by atoms with Crippen LogP contribution in [0.2, 0.25) is 0 Å². The van der Waals surface area contributed by atoms with Crippen molar-refractivity contribution in [2.75, 3.05) is 7.11 Å². The highest BCUT2D eigenvalue weighted by atomic mass is 32.2. The number of carbonyl (C=O) groups is 1. The molecule has 5 nitrogen and oxygen atoms in total. The highest BCUT2D eigenvalue weighted by Crippen LogP contribution is 2.26. The van der Waals surface area contributed by atoms with Crippen molar-refractivity contribution in [1.82, 2.24) is 15.2 Å². The van der Waals surface area contributed by atoms with Gasteiger partial charge in [0.2, 0.25) is 5.16 Å². The fraction of sp³-hybridized carbons (Fsp3) is 0.167. The van der Waals surface area contributed by atoms with Crippen molar-refractivity contribution < 1.29 is 18.3 Å². The maximum absolute atomic E-state index is 13.8. The zero-order valence-electron chi connectivity index (χ0n) is 14.0. The second kappa shape index (κ2) is 7.65. The number of aromatic nitrogens is 3. The highest BCUT2D eigenvalue weighted by molar-refractivity contribution is 8.00. The van der Waals surface area contributed by atoms with E-state index in [9.17, 15) is 13.6 Å². The lowest BCUT2D eigenvalue weighted by Crippen LogP contribution is -2.15. The first-order valence-corrected chi connectivity index (χ1v) is 8.58. The van der Waals surface area contributed by atoms with E-state index in [0.29, 0.717) is 17.0 Å². The zero-order valence-corrected chi connectivity index (χ0v) is 14.8. The number of ketones is 1. The summed E-state index contributed by atoms with van der Waals surface area (Å²) in [5.41, 5.74) is 0.658. The van der Waals surface area contributed by atoms with Gasteiger partial charge in [0, 0.05) is 11.6 Å². The molecular formula is C18H15F2N3O2S. The van der Waals surface area contributed by atoms with Crippen LogP contribution in [0.15, 0.2) is 47.6 Å². The maximum Gasteiger partial charge on any atom is 0.209 e. The SMILES string of the molecule is COc1ccc(-c2nc(SC(C)C(=O)c3ccc(F)cc3F)n[nH]2)cc1. The summed E-state index contributed by atoms with van der Waals surface area (Å²) in [7, 11) is 1.58. The van der Waals surface area contributed by atoms with E-state index in [0.717, 1.165) is 35.2 Å². The van der Waals surface area contributed by atoms with Crippen LogP contribution >= 0.6 is 11.8 Å². The number of Topliss-reactive ketones (excluding diaryl/α,β-unsaturated/α-hetero) is 1. The van der Waals surface area contributed by atoms with Crippen LogP contribution < -0.4 is 4.74 Å². The molecule has 1 atom stereocenters. The van der Waals surface area contributed by atoms with E-state index < -0.39 is 22.7 Å². The Hall–Kier alpha value is -2.74. The first kappa shape index (κ1) is 18.1. The molecule has 3 aromatic rings. The Morgan fingerprint density at radius 3 is 2.58 bits per heavy atom. The second-order valence-corrected chi connectivity index (χ2v) is 6.75. The van der Waals surface area contributed by atoms with Crippen molar-refractivity contribution >= 4 is 17.5 Å². The number of rotatable bonds is 6. The van der Waals surface area contributed by atoms with Crippen LogP contribution in [-0.4, -0.2) is 33.3 Å². The third-order valence-corrected chi connectivity index (χ3v) is 4.64. The van der Waals surface area contributed by atoms with Crippen molar-refractivity contribution in [2.24, 2.45) is 0 Å². The molecule has 26 heavy (non-hydrogen) atoms. The average molecular weight is 375 g/mol. The number of nitrogens with zero attached hydrogens (tertiary/aromatic N) is 2. The summed E-state index contributed by atoms with van der Waals surface area (Å²) >= 11 is 1.09. The Bertz CT molecular complexity index is 928. The number of thioether (sulfide) groups is 1. The van der Waals surface area contributed by atoms with E-state index in [1.54, 1.807) is 26.2 Å². The Morgan fingerprint density at radius 2 is 1.92 bits per heavy atom. The quantitative estimate of drug-likeness (QED) is 0.518. The summed E-state index contributed by atoms with van der Waals surface area (Å²) in [4.78, 5) is 16.7. The molecule has 8 heteroatoms. The predicted molar refractivity (Wildman–Crippen MR) is 94.4 cm³/mol. The fourth-order valence-electron chi connectivity index (χ4n) is 2.30. The molecule has 0 amide bonds. The van der Waals surface area contributed by atoms with Gasteiger partial charge in [0.05, 0.1) is 17.9 Å². The van der Waals surface area contributed by atoms with E-state index in [1.807, 2.05) is 12.1 Å². The normalized spacial score (nSPS) is 12.0. The molecule has 0 radical (unpaired) electrons. The van der Waals surface area contributed by atoms with Crippen LogP contribution in [-0.2, 0) is 0 Å². The molecule has 0 aliphatic heterocycles. The number of carbonyl (C=O) groups excluding carboxylic acids is 1. The number of H-pyrrole nitrogens is 1. The zero-order chi connectivity index (χ0) is 18.7. The van der Waals surface area contributed by atoms with Gasteiger partial charge in [0.25, 0.3) is 0 Å². The van der Waals surface area contributed by atoms with Crippen molar-refractivity contribution in [3.63, 3.8) is 0 Å². The first-order valence-electron chi connectivity index (χ1n) is 7.70. The number of hydrogen-bond donors (Lipinski definition) is 1. The van der Waals surface area contributed by atoms with E-state index in [4.69, 9.17) is 4.74 Å². The van der Waals surface area contributed by atoms with E-state index in [1.165, 1.54) is 0 Å². The van der Waals surface area contributed by atoms with Crippen LogP contribution in [0.4, 0.5) is 8.78 Å². The summed E-state index contributed by atoms with van der Waals surface area (Å²) < 4.78 is 31.9. The molecule has 134 valence electrons. The largest absolute Gasteiger partial charge is 0.497 e. The van der Waals surface area contributed by atoms with Gasteiger partial charge in [0.15, 0.2) is 11.6 Å². The topological polar surface area (TPSA) is 67.9 Å². The Balaban J connectivity index is 1.72. The molecule has 1 aromatic heterocycles. The molecular weight excluding hydrogens is 360 g/mol. The Morgan fingerprint density at radius 1 is 1.19 bits per heavy atom. The van der Waals surface area contributed by atoms with Gasteiger partial charge >= 0.3 is 0 Å². The van der Waals surface area contributed by atoms with Crippen LogP contribution in [0.3, 0.4) is 0 Å². The van der Waals surface area contributed by atoms with E-state index in [-0.39, 0.29) is 5.56 Å². The summed E-state index contributed by atoms with van der Waals surface area (Å²) in [5, 5.41) is 6.61. The first-order chi connectivity index (χ1) is 12.5. The molecule has 0 fully saturated rings. The van der Waals surface area contributed by atoms with Crippen molar-refractivity contribution in [3.8, 4) is 17.1 Å². The minimum atomic E-state index is -0.878. The number of aromatic amines is 1. The molecule has 0 saturated heterocycles. The number of halogens is 2. The van der Waals surface area contributed by atoms with Crippen molar-refractivity contribution in [1.29, 1.82) is 0 Å². The molecule has 2 aromatic carbocycles. The maximum atomic E-state index is 13.8. The van der Waals surface area contributed by atoms with Gasteiger partial charge in [-0.15, -0.1) is 5.10 Å². The van der Waals surface area contributed by atoms with Gasteiger partial charge in [-0.05, 0) is 43.3 Å². The highest BCUT2D eigenvalue weighted by Gasteiger charge is 2.22. The monoisotopic (exact) mass is 375 g/mol. The minimum absolute atomic E-state index is 0.155. The predicted octanol–water partition coefficient (Wildman–Crippen LogP) is 4.12. The molecule has 0 spiro atoms. The van der Waals surface area contributed by atoms with Crippen LogP contribution in [0.25, 0.3) is 11.4 Å². The van der Waals surface area contributed by atoms with Gasteiger partial charge in [-0.1, -0.05) is 11.8 Å². The van der Waals surface area contributed by atoms with Crippen LogP contribution in [0.5, 0.6) is 5.75 Å². The van der Waals surface area contributed by atoms with Crippen molar-refractivity contribution in [3.05, 3.63) is 59.7 Å². The standard InChI is InChI=1S/C18H15F2N3O2S/c1-10(16(24)14-8-5-12(19)9-15(14)20)26-18-21-17(22-23-18)11-3-6-13(25-2)7-4-11/h3-10H,1-2H3,(H,21,22,23). The van der Waals surface area contributed by atoms with Gasteiger partial charge < -0.3 is 4.74 Å². The van der Waals surface area contributed by atoms with Crippen LogP contribution in [0.1, 0.15) is 17.3 Å². The van der Waals surface area contributed by atoms with Gasteiger partial charge in [-0.3, -0.25) is 9.89 Å². The molecule has 0 aliphatic rings. The van der Waals surface area contributed by atoms with Crippen LogP contribution in [0, 0.1) is 11.6 Å². The Labute approximate surface area is 152 Å². The van der Waals surface area contributed by atoms with E-state index in [2.05, 4.69) is 15.2 Å². The average Bonchev–Trinajstić information content (AvgIpc) is 3.09. The number of methoxy groups -OCH3 is 1. The van der Waals surface area contributed by atoms with Gasteiger partial charge in [-0.25, -0.2) is 13.8 Å². The third kappa shape index (κ3) is 3.91. The summed E-state index contributed by atoms with van der Waals surface area (Å²) in [6.07, 6.45) is 0. The molecule has 1 unspecified atom stereocenters. The second-order valence-electron chi connectivity index (χ2n) is 5.44. The molecule has 1 N–H and O–H groups in total. The fourth-order valence-corrected chi connectivity index (χ4v) is 3.09. The summed E-state index contributed by atoms with van der Waals surface area (Å²) in [6.45, 7) is 1.62. The third-order valence-electron chi connectivity index (χ3n) is 3.68. The molecule has 0 aliphatic carbocycles. The molecule has 3 rings (SSSR count). The molecule has 0 saturated carbocycles. The lowest BCUT2D eigenvalue weighted by Gasteiger charge is -2.08. The molecule has 1 heterocycles. The van der Waals surface area contributed by atoms with Crippen molar-refractivity contribution in [2.45, 2.75) is 17.3 Å². The smallest absolute Gasteiger partial charge is 0.209 e. The lowest BCUT2D eigenvalue weighted by atomic mass is 10.1. The number of hydrogen-bond acceptors (Lipinski definition) is 5. The summed E-state index contributed by atoms with van der Waals surface area (Å²) in [6, 6.07) is 10.2. The lowest BCUT2D eigenvalue weighted by molar-refractivity contribution is 0.0990. The Kier molecular flexibility index (Phi) is 5.32. The van der Waals surface area contributed by atoms with E-state index >= 15 is 0 Å². The number of ether oxygens (including phenoxy) is 1. The molecule has 0 bridgehead atoms. The minimum Gasteiger partial charge on any atom is -0.497 e.